The lowest BCUT2D eigenvalue weighted by Gasteiger charge is -2.24. The van der Waals surface area contributed by atoms with Crippen molar-refractivity contribution in [1.29, 1.82) is 0 Å². The van der Waals surface area contributed by atoms with E-state index in [-0.39, 0.29) is 0 Å². The molecule has 0 fully saturated rings. The molecule has 0 amide bonds. The minimum atomic E-state index is -3.13. The number of halogens is 1. The Bertz CT molecular complexity index is 750. The second-order valence-corrected chi connectivity index (χ2v) is 9.85. The Morgan fingerprint density at radius 3 is 2.67 bits per heavy atom. The number of nitrogens with one attached hydrogen (secondary N) is 1. The monoisotopic (exact) mass is 385 g/mol. The van der Waals surface area contributed by atoms with Gasteiger partial charge in [0.05, 0.1) is 14.7 Å². The molecule has 0 aliphatic heterocycles. The van der Waals surface area contributed by atoms with Crippen molar-refractivity contribution in [3.63, 3.8) is 0 Å². The van der Waals surface area contributed by atoms with Crippen molar-refractivity contribution >= 4 is 42.8 Å². The summed E-state index contributed by atoms with van der Waals surface area (Å²) >= 11 is 5.37. The van der Waals surface area contributed by atoms with Crippen LogP contribution in [0.2, 0.25) is 0 Å². The van der Waals surface area contributed by atoms with E-state index in [1.807, 2.05) is 23.5 Å². The highest BCUT2D eigenvalue weighted by atomic mass is 79.9. The van der Waals surface area contributed by atoms with E-state index < -0.39 is 9.84 Å². The van der Waals surface area contributed by atoms with Crippen molar-refractivity contribution in [1.82, 2.24) is 0 Å². The normalized spacial score (nSPS) is 18.3. The lowest BCUT2D eigenvalue weighted by molar-refractivity contribution is 0.601. The maximum atomic E-state index is 11.5. The van der Waals surface area contributed by atoms with Gasteiger partial charge in [0.15, 0.2) is 9.84 Å². The molecule has 0 saturated heterocycles. The van der Waals surface area contributed by atoms with E-state index >= 15 is 0 Å². The first-order chi connectivity index (χ1) is 9.93. The topological polar surface area (TPSA) is 46.2 Å². The highest BCUT2D eigenvalue weighted by Gasteiger charge is 2.22. The van der Waals surface area contributed by atoms with Crippen LogP contribution in [0.3, 0.4) is 0 Å². The van der Waals surface area contributed by atoms with Gasteiger partial charge in [0.1, 0.15) is 0 Å². The van der Waals surface area contributed by atoms with E-state index in [0.717, 1.165) is 18.5 Å². The van der Waals surface area contributed by atoms with Gasteiger partial charge in [-0.25, -0.2) is 8.42 Å². The lowest BCUT2D eigenvalue weighted by atomic mass is 9.94. The van der Waals surface area contributed by atoms with Gasteiger partial charge in [-0.3, -0.25) is 0 Å². The van der Waals surface area contributed by atoms with Crippen molar-refractivity contribution in [2.45, 2.75) is 30.2 Å². The number of anilines is 1. The maximum Gasteiger partial charge on any atom is 0.175 e. The van der Waals surface area contributed by atoms with Crippen LogP contribution < -0.4 is 5.32 Å². The average molecular weight is 386 g/mol. The third-order valence-corrected chi connectivity index (χ3v) is 6.55. The Hall–Kier alpha value is -0.850. The van der Waals surface area contributed by atoms with E-state index in [2.05, 4.69) is 27.3 Å². The van der Waals surface area contributed by atoms with E-state index in [1.165, 1.54) is 26.9 Å². The predicted octanol–water partition coefficient (Wildman–Crippen LogP) is 4.40. The summed E-state index contributed by atoms with van der Waals surface area (Å²) in [6.45, 7) is 0. The minimum absolute atomic E-state index is 0.306. The van der Waals surface area contributed by atoms with E-state index in [4.69, 9.17) is 0 Å². The van der Waals surface area contributed by atoms with Crippen LogP contribution >= 0.6 is 27.3 Å². The van der Waals surface area contributed by atoms with Gasteiger partial charge in [-0.15, -0.1) is 11.3 Å². The molecule has 0 radical (unpaired) electrons. The number of hydrogen-bond acceptors (Lipinski definition) is 4. The number of fused-ring (bicyclic) bond motifs is 1. The van der Waals surface area contributed by atoms with E-state index in [0.29, 0.717) is 10.9 Å². The summed E-state index contributed by atoms with van der Waals surface area (Å²) in [4.78, 5) is 1.80. The van der Waals surface area contributed by atoms with Gasteiger partial charge in [0, 0.05) is 16.8 Å². The molecule has 0 bridgehead atoms. The van der Waals surface area contributed by atoms with E-state index in [1.54, 1.807) is 12.1 Å². The summed E-state index contributed by atoms with van der Waals surface area (Å²) in [7, 11) is -3.13. The molecule has 0 saturated carbocycles. The van der Waals surface area contributed by atoms with Crippen LogP contribution in [0.15, 0.2) is 39.0 Å². The Kier molecular flexibility index (Phi) is 4.12. The van der Waals surface area contributed by atoms with Crippen LogP contribution in [0.4, 0.5) is 5.69 Å². The highest BCUT2D eigenvalue weighted by molar-refractivity contribution is 9.11. The van der Waals surface area contributed by atoms with Gasteiger partial charge < -0.3 is 5.32 Å². The third kappa shape index (κ3) is 3.33. The van der Waals surface area contributed by atoms with Crippen LogP contribution in [0.1, 0.15) is 29.3 Å². The molecule has 1 heterocycles. The fourth-order valence-electron chi connectivity index (χ4n) is 2.67. The van der Waals surface area contributed by atoms with Crippen molar-refractivity contribution < 1.29 is 8.42 Å². The van der Waals surface area contributed by atoms with Crippen LogP contribution in [0.25, 0.3) is 0 Å². The molecule has 1 unspecified atom stereocenters. The molecule has 1 N–H and O–H groups in total. The van der Waals surface area contributed by atoms with Crippen molar-refractivity contribution in [3.8, 4) is 0 Å². The summed E-state index contributed by atoms with van der Waals surface area (Å²) in [5, 5.41) is 3.52. The highest BCUT2D eigenvalue weighted by Crippen LogP contribution is 2.39. The van der Waals surface area contributed by atoms with Crippen LogP contribution in [0, 0.1) is 0 Å². The number of benzene rings is 1. The number of thiophene rings is 1. The first kappa shape index (κ1) is 15.1. The first-order valence-electron chi connectivity index (χ1n) is 6.78. The summed E-state index contributed by atoms with van der Waals surface area (Å²) in [6.07, 6.45) is 4.66. The molecule has 1 aliphatic rings. The zero-order valence-electron chi connectivity index (χ0n) is 11.6. The van der Waals surface area contributed by atoms with Gasteiger partial charge in [0.25, 0.3) is 0 Å². The Labute approximate surface area is 137 Å². The first-order valence-corrected chi connectivity index (χ1v) is 10.3. The molecule has 6 heteroatoms. The minimum Gasteiger partial charge on any atom is -0.378 e. The van der Waals surface area contributed by atoms with Gasteiger partial charge in [0.2, 0.25) is 0 Å². The molecule has 1 aromatic carbocycles. The quantitative estimate of drug-likeness (QED) is 0.850. The van der Waals surface area contributed by atoms with Crippen LogP contribution in [-0.2, 0) is 16.3 Å². The molecule has 3 rings (SSSR count). The molecule has 0 spiro atoms. The molecular weight excluding hydrogens is 370 g/mol. The Balaban J connectivity index is 1.81. The zero-order valence-corrected chi connectivity index (χ0v) is 14.8. The standard InChI is InChI=1S/C15H16BrNO2S2/c1-21(18,19)11-7-5-10(6-8-11)17-13-3-2-4-14-12(13)9-15(16)20-14/h5-9,13,17H,2-4H2,1H3. The van der Waals surface area contributed by atoms with Crippen molar-refractivity contribution in [2.24, 2.45) is 0 Å². The number of rotatable bonds is 3. The van der Waals surface area contributed by atoms with Crippen LogP contribution in [-0.4, -0.2) is 14.7 Å². The Morgan fingerprint density at radius 2 is 2.00 bits per heavy atom. The van der Waals surface area contributed by atoms with Gasteiger partial charge in [-0.2, -0.15) is 0 Å². The molecule has 1 aromatic heterocycles. The summed E-state index contributed by atoms with van der Waals surface area (Å²) < 4.78 is 24.1. The van der Waals surface area contributed by atoms with Gasteiger partial charge in [-0.1, -0.05) is 0 Å². The number of aryl methyl sites for hydroxylation is 1. The molecule has 1 atom stereocenters. The number of hydrogen-bond donors (Lipinski definition) is 1. The largest absolute Gasteiger partial charge is 0.378 e. The zero-order chi connectivity index (χ0) is 15.0. The van der Waals surface area contributed by atoms with E-state index in [9.17, 15) is 8.42 Å². The summed E-state index contributed by atoms with van der Waals surface area (Å²) in [5.74, 6) is 0. The van der Waals surface area contributed by atoms with Gasteiger partial charge in [-0.05, 0) is 71.1 Å². The molecular formula is C15H16BrNO2S2. The fraction of sp³-hybridized carbons (Fsp3) is 0.333. The Morgan fingerprint density at radius 1 is 1.29 bits per heavy atom. The fourth-order valence-corrected chi connectivity index (χ4v) is 5.12. The third-order valence-electron chi connectivity index (χ3n) is 3.71. The lowest BCUT2D eigenvalue weighted by Crippen LogP contribution is -2.15. The number of sulfone groups is 1. The SMILES string of the molecule is CS(=O)(=O)c1ccc(NC2CCCc3sc(Br)cc32)cc1. The van der Waals surface area contributed by atoms with Crippen molar-refractivity contribution in [2.75, 3.05) is 11.6 Å². The molecule has 3 nitrogen and oxygen atoms in total. The molecule has 1 aliphatic carbocycles. The molecule has 2 aromatic rings. The molecule has 21 heavy (non-hydrogen) atoms. The second kappa shape index (κ2) is 5.74. The van der Waals surface area contributed by atoms with Gasteiger partial charge >= 0.3 is 0 Å². The average Bonchev–Trinajstić information content (AvgIpc) is 2.80. The molecule has 112 valence electrons. The summed E-state index contributed by atoms with van der Waals surface area (Å²) in [6, 6.07) is 9.50. The summed E-state index contributed by atoms with van der Waals surface area (Å²) in [5.41, 5.74) is 2.33. The van der Waals surface area contributed by atoms with Crippen molar-refractivity contribution in [3.05, 3.63) is 44.6 Å². The second-order valence-electron chi connectivity index (χ2n) is 5.31. The predicted molar refractivity (Wildman–Crippen MR) is 90.9 cm³/mol. The smallest absolute Gasteiger partial charge is 0.175 e. The van der Waals surface area contributed by atoms with Crippen LogP contribution in [0.5, 0.6) is 0 Å². The maximum absolute atomic E-state index is 11.5.